The summed E-state index contributed by atoms with van der Waals surface area (Å²) < 4.78 is 39.5. The molecule has 7 nitrogen and oxygen atoms in total. The van der Waals surface area contributed by atoms with E-state index in [4.69, 9.17) is 9.47 Å². The van der Waals surface area contributed by atoms with Crippen LogP contribution >= 0.6 is 0 Å². The fraction of sp³-hybridized carbons (Fsp3) is 0.269. The highest BCUT2D eigenvalue weighted by Gasteiger charge is 2.36. The summed E-state index contributed by atoms with van der Waals surface area (Å²) in [5, 5.41) is 2.80. The van der Waals surface area contributed by atoms with Crippen LogP contribution in [0.4, 0.5) is 5.69 Å². The molecule has 178 valence electrons. The Morgan fingerprint density at radius 2 is 1.76 bits per heavy atom. The Balaban J connectivity index is 1.42. The van der Waals surface area contributed by atoms with Crippen molar-refractivity contribution in [1.29, 1.82) is 0 Å². The van der Waals surface area contributed by atoms with Crippen molar-refractivity contribution in [3.05, 3.63) is 89.5 Å². The number of sulfonamides is 1. The Morgan fingerprint density at radius 1 is 1.03 bits per heavy atom. The van der Waals surface area contributed by atoms with E-state index >= 15 is 0 Å². The highest BCUT2D eigenvalue weighted by Crippen LogP contribution is 2.35. The predicted molar refractivity (Wildman–Crippen MR) is 132 cm³/mol. The minimum absolute atomic E-state index is 0.101. The third kappa shape index (κ3) is 5.34. The number of para-hydroxylation sites is 2. The average Bonchev–Trinajstić information content (AvgIpc) is 2.83. The normalized spacial score (nSPS) is 15.2. The minimum atomic E-state index is -3.74. The molecule has 1 heterocycles. The first-order valence-electron chi connectivity index (χ1n) is 11.1. The molecule has 0 saturated heterocycles. The van der Waals surface area contributed by atoms with Gasteiger partial charge in [0.25, 0.3) is 5.91 Å². The van der Waals surface area contributed by atoms with E-state index in [1.807, 2.05) is 38.1 Å². The number of nitrogens with zero attached hydrogens (tertiary/aromatic N) is 1. The molecule has 4 rings (SSSR count). The standard InChI is InChI=1S/C26H28N2O5S/c1-19-9-8-14-23(20(19)2)32-16-15-27-26(29)25-17-28(22-12-6-7-13-24(22)33-25)34(30,31)18-21-10-4-3-5-11-21/h3-14,25H,15-18H2,1-2H3,(H,27,29). The van der Waals surface area contributed by atoms with Gasteiger partial charge in [0.05, 0.1) is 24.5 Å². The Kier molecular flexibility index (Phi) is 7.07. The zero-order chi connectivity index (χ0) is 24.1. The molecule has 3 aromatic rings. The first-order chi connectivity index (χ1) is 16.3. The van der Waals surface area contributed by atoms with E-state index in [1.165, 1.54) is 4.31 Å². The smallest absolute Gasteiger partial charge is 0.263 e. The molecule has 0 aromatic heterocycles. The second-order valence-corrected chi connectivity index (χ2v) is 10.1. The molecule has 0 fully saturated rings. The van der Waals surface area contributed by atoms with E-state index < -0.39 is 16.1 Å². The largest absolute Gasteiger partial charge is 0.491 e. The van der Waals surface area contributed by atoms with Gasteiger partial charge in [-0.2, -0.15) is 0 Å². The number of carbonyl (C=O) groups excluding carboxylic acids is 1. The molecular formula is C26H28N2O5S. The monoisotopic (exact) mass is 480 g/mol. The van der Waals surface area contributed by atoms with Gasteiger partial charge in [-0.1, -0.05) is 54.6 Å². The quantitative estimate of drug-likeness (QED) is 0.498. The Labute approximate surface area is 200 Å². The van der Waals surface area contributed by atoms with E-state index in [1.54, 1.807) is 48.5 Å². The molecule has 34 heavy (non-hydrogen) atoms. The topological polar surface area (TPSA) is 84.9 Å². The van der Waals surface area contributed by atoms with Gasteiger partial charge in [0.15, 0.2) is 6.10 Å². The first kappa shape index (κ1) is 23.6. The number of ether oxygens (including phenoxy) is 2. The van der Waals surface area contributed by atoms with E-state index in [0.717, 1.165) is 16.9 Å². The highest BCUT2D eigenvalue weighted by molar-refractivity contribution is 7.92. The summed E-state index contributed by atoms with van der Waals surface area (Å²) in [7, 11) is -3.74. The Hall–Kier alpha value is -3.52. The fourth-order valence-electron chi connectivity index (χ4n) is 3.79. The predicted octanol–water partition coefficient (Wildman–Crippen LogP) is 3.60. The van der Waals surface area contributed by atoms with Crippen LogP contribution in [0.15, 0.2) is 72.8 Å². The van der Waals surface area contributed by atoms with E-state index in [-0.39, 0.29) is 31.4 Å². The number of rotatable bonds is 8. The molecular weight excluding hydrogens is 452 g/mol. The number of aryl methyl sites for hydroxylation is 1. The molecule has 8 heteroatoms. The van der Waals surface area contributed by atoms with E-state index in [9.17, 15) is 13.2 Å². The van der Waals surface area contributed by atoms with Gasteiger partial charge in [-0.3, -0.25) is 9.10 Å². The van der Waals surface area contributed by atoms with Crippen LogP contribution in [-0.2, 0) is 20.6 Å². The number of anilines is 1. The summed E-state index contributed by atoms with van der Waals surface area (Å²) in [5.41, 5.74) is 3.30. The average molecular weight is 481 g/mol. The molecule has 0 bridgehead atoms. The van der Waals surface area contributed by atoms with Crippen LogP contribution in [0.1, 0.15) is 16.7 Å². The maximum Gasteiger partial charge on any atom is 0.263 e. The van der Waals surface area contributed by atoms with E-state index in [2.05, 4.69) is 5.32 Å². The van der Waals surface area contributed by atoms with E-state index in [0.29, 0.717) is 17.0 Å². The second kappa shape index (κ2) is 10.2. The summed E-state index contributed by atoms with van der Waals surface area (Å²) in [6.45, 7) is 4.45. The lowest BCUT2D eigenvalue weighted by Gasteiger charge is -2.34. The van der Waals surface area contributed by atoms with Crippen molar-refractivity contribution in [2.75, 3.05) is 24.0 Å². The first-order valence-corrected chi connectivity index (χ1v) is 12.7. The van der Waals surface area contributed by atoms with Crippen molar-refractivity contribution in [3.63, 3.8) is 0 Å². The van der Waals surface area contributed by atoms with Gasteiger partial charge in [-0.25, -0.2) is 8.42 Å². The Morgan fingerprint density at radius 3 is 2.56 bits per heavy atom. The van der Waals surface area contributed by atoms with Crippen LogP contribution in [0.3, 0.4) is 0 Å². The van der Waals surface area contributed by atoms with Crippen molar-refractivity contribution in [1.82, 2.24) is 5.32 Å². The SMILES string of the molecule is Cc1cccc(OCCNC(=O)C2CN(S(=O)(=O)Cc3ccccc3)c3ccccc3O2)c1C. The molecule has 1 aliphatic heterocycles. The van der Waals surface area contributed by atoms with Crippen LogP contribution in [0.2, 0.25) is 0 Å². The van der Waals surface area contributed by atoms with Crippen LogP contribution < -0.4 is 19.1 Å². The minimum Gasteiger partial charge on any atom is -0.491 e. The molecule has 1 aliphatic rings. The Bertz CT molecular complexity index is 1260. The zero-order valence-electron chi connectivity index (χ0n) is 19.2. The lowest BCUT2D eigenvalue weighted by molar-refractivity contribution is -0.127. The van der Waals surface area contributed by atoms with Crippen molar-refractivity contribution >= 4 is 21.6 Å². The molecule has 0 radical (unpaired) electrons. The number of carbonyl (C=O) groups is 1. The van der Waals surface area contributed by atoms with Crippen LogP contribution in [-0.4, -0.2) is 40.1 Å². The maximum absolute atomic E-state index is 13.3. The molecule has 1 N–H and O–H groups in total. The number of amides is 1. The van der Waals surface area contributed by atoms with Gasteiger partial charge in [-0.15, -0.1) is 0 Å². The summed E-state index contributed by atoms with van der Waals surface area (Å²) in [6.07, 6.45) is -0.971. The maximum atomic E-state index is 13.3. The summed E-state index contributed by atoms with van der Waals surface area (Å²) in [4.78, 5) is 12.9. The molecule has 0 aliphatic carbocycles. The second-order valence-electron chi connectivity index (χ2n) is 8.18. The lowest BCUT2D eigenvalue weighted by Crippen LogP contribution is -2.51. The van der Waals surface area contributed by atoms with Crippen molar-refractivity contribution in [3.8, 4) is 11.5 Å². The third-order valence-electron chi connectivity index (χ3n) is 5.77. The molecule has 3 aromatic carbocycles. The lowest BCUT2D eigenvalue weighted by atomic mass is 10.1. The zero-order valence-corrected chi connectivity index (χ0v) is 20.0. The van der Waals surface area contributed by atoms with Gasteiger partial charge in [0.1, 0.15) is 18.1 Å². The van der Waals surface area contributed by atoms with Gasteiger partial charge in [0, 0.05) is 0 Å². The van der Waals surface area contributed by atoms with Gasteiger partial charge in [-0.05, 0) is 48.7 Å². The molecule has 1 amide bonds. The van der Waals surface area contributed by atoms with Crippen molar-refractivity contribution in [2.45, 2.75) is 25.7 Å². The van der Waals surface area contributed by atoms with Crippen LogP contribution in [0.25, 0.3) is 0 Å². The number of hydrogen-bond donors (Lipinski definition) is 1. The third-order valence-corrected chi connectivity index (χ3v) is 7.48. The molecule has 1 unspecified atom stereocenters. The summed E-state index contributed by atoms with van der Waals surface area (Å²) in [5.74, 6) is 0.576. The number of hydrogen-bond acceptors (Lipinski definition) is 5. The molecule has 0 spiro atoms. The van der Waals surface area contributed by atoms with Gasteiger partial charge >= 0.3 is 0 Å². The number of nitrogens with one attached hydrogen (secondary N) is 1. The van der Waals surface area contributed by atoms with Gasteiger partial charge in [0.2, 0.25) is 10.0 Å². The van der Waals surface area contributed by atoms with Crippen molar-refractivity contribution in [2.24, 2.45) is 0 Å². The summed E-state index contributed by atoms with van der Waals surface area (Å²) in [6, 6.07) is 21.7. The summed E-state index contributed by atoms with van der Waals surface area (Å²) >= 11 is 0. The van der Waals surface area contributed by atoms with Crippen molar-refractivity contribution < 1.29 is 22.7 Å². The van der Waals surface area contributed by atoms with Crippen LogP contribution in [0, 0.1) is 13.8 Å². The fourth-order valence-corrected chi connectivity index (χ4v) is 5.38. The molecule has 0 saturated carbocycles. The number of fused-ring (bicyclic) bond motifs is 1. The molecule has 1 atom stereocenters. The van der Waals surface area contributed by atoms with Crippen LogP contribution in [0.5, 0.6) is 11.5 Å². The highest BCUT2D eigenvalue weighted by atomic mass is 32.2. The van der Waals surface area contributed by atoms with Gasteiger partial charge < -0.3 is 14.8 Å². The number of benzene rings is 3.